The van der Waals surface area contributed by atoms with E-state index in [-0.39, 0.29) is 18.9 Å². The first-order chi connectivity index (χ1) is 12.6. The zero-order valence-corrected chi connectivity index (χ0v) is 15.8. The number of ether oxygens (including phenoxy) is 3. The molecule has 2 atom stereocenters. The van der Waals surface area contributed by atoms with Crippen LogP contribution in [-0.2, 0) is 9.47 Å². The van der Waals surface area contributed by atoms with E-state index in [0.29, 0.717) is 24.5 Å². The number of rotatable bonds is 10. The summed E-state index contributed by atoms with van der Waals surface area (Å²) in [7, 11) is 0. The zero-order chi connectivity index (χ0) is 18.8. The number of carbonyl (C=O) groups excluding carboxylic acids is 1. The van der Waals surface area contributed by atoms with Crippen LogP contribution < -0.4 is 4.74 Å². The van der Waals surface area contributed by atoms with Gasteiger partial charge in [0.15, 0.2) is 6.29 Å². The van der Waals surface area contributed by atoms with Gasteiger partial charge in [0.25, 0.3) is 0 Å². The van der Waals surface area contributed by atoms with Crippen LogP contribution in [0.15, 0.2) is 54.6 Å². The van der Waals surface area contributed by atoms with Crippen molar-refractivity contribution < 1.29 is 19.0 Å². The van der Waals surface area contributed by atoms with Gasteiger partial charge in [-0.25, -0.2) is 4.79 Å². The highest BCUT2D eigenvalue weighted by atomic mass is 16.7. The van der Waals surface area contributed by atoms with Gasteiger partial charge in [-0.2, -0.15) is 0 Å². The van der Waals surface area contributed by atoms with Crippen LogP contribution in [0.2, 0.25) is 0 Å². The highest BCUT2D eigenvalue weighted by Gasteiger charge is 2.11. The Kier molecular flexibility index (Phi) is 8.16. The minimum atomic E-state index is -0.361. The third kappa shape index (κ3) is 6.19. The molecule has 0 aromatic heterocycles. The van der Waals surface area contributed by atoms with Gasteiger partial charge >= 0.3 is 5.97 Å². The summed E-state index contributed by atoms with van der Waals surface area (Å²) in [5.74, 6) is 0.982. The van der Waals surface area contributed by atoms with Gasteiger partial charge in [0.05, 0.1) is 12.2 Å². The van der Waals surface area contributed by atoms with E-state index in [1.165, 1.54) is 5.56 Å². The van der Waals surface area contributed by atoms with Crippen LogP contribution in [0.1, 0.15) is 55.5 Å². The number of benzene rings is 2. The second kappa shape index (κ2) is 10.6. The van der Waals surface area contributed by atoms with Crippen LogP contribution >= 0.6 is 0 Å². The largest absolute Gasteiger partial charge is 0.465 e. The van der Waals surface area contributed by atoms with E-state index in [4.69, 9.17) is 14.2 Å². The first kappa shape index (κ1) is 20.0. The van der Waals surface area contributed by atoms with Crippen LogP contribution in [0.5, 0.6) is 5.75 Å². The fourth-order valence-corrected chi connectivity index (χ4v) is 2.47. The minimum Gasteiger partial charge on any atom is -0.465 e. The maximum absolute atomic E-state index is 11.9. The lowest BCUT2D eigenvalue weighted by Gasteiger charge is -2.19. The van der Waals surface area contributed by atoms with E-state index in [1.54, 1.807) is 24.3 Å². The lowest BCUT2D eigenvalue weighted by Crippen LogP contribution is -2.22. The Bertz CT molecular complexity index is 652. The maximum Gasteiger partial charge on any atom is 0.338 e. The highest BCUT2D eigenvalue weighted by Crippen LogP contribution is 2.22. The second-order valence-electron chi connectivity index (χ2n) is 6.21. The molecule has 0 bridgehead atoms. The third-order valence-electron chi connectivity index (χ3n) is 4.29. The molecule has 2 aromatic rings. The van der Waals surface area contributed by atoms with Gasteiger partial charge in [0.2, 0.25) is 0 Å². The van der Waals surface area contributed by atoms with Gasteiger partial charge in [-0.05, 0) is 42.2 Å². The summed E-state index contributed by atoms with van der Waals surface area (Å²) in [6, 6.07) is 17.1. The van der Waals surface area contributed by atoms with Gasteiger partial charge in [-0.1, -0.05) is 51.1 Å². The van der Waals surface area contributed by atoms with E-state index in [1.807, 2.05) is 25.1 Å². The monoisotopic (exact) mass is 356 g/mol. The number of hydrogen-bond donors (Lipinski definition) is 0. The molecule has 0 spiro atoms. The fourth-order valence-electron chi connectivity index (χ4n) is 2.47. The summed E-state index contributed by atoms with van der Waals surface area (Å²) in [5, 5.41) is 0. The Balaban J connectivity index is 1.74. The summed E-state index contributed by atoms with van der Waals surface area (Å²) in [5.41, 5.74) is 1.85. The Morgan fingerprint density at radius 1 is 0.923 bits per heavy atom. The summed E-state index contributed by atoms with van der Waals surface area (Å²) >= 11 is 0. The normalized spacial score (nSPS) is 13.0. The van der Waals surface area contributed by atoms with Crippen molar-refractivity contribution in [1.82, 2.24) is 0 Å². The first-order valence-electron chi connectivity index (χ1n) is 9.24. The molecule has 140 valence electrons. The average molecular weight is 356 g/mol. The molecule has 0 radical (unpaired) electrons. The van der Waals surface area contributed by atoms with Crippen molar-refractivity contribution in [3.63, 3.8) is 0 Å². The Morgan fingerprint density at radius 3 is 2.23 bits per heavy atom. The van der Waals surface area contributed by atoms with Gasteiger partial charge in [0, 0.05) is 6.42 Å². The van der Waals surface area contributed by atoms with Crippen LogP contribution in [-0.4, -0.2) is 25.5 Å². The third-order valence-corrected chi connectivity index (χ3v) is 4.29. The van der Waals surface area contributed by atoms with Crippen molar-refractivity contribution in [2.24, 2.45) is 0 Å². The summed E-state index contributed by atoms with van der Waals surface area (Å²) in [4.78, 5) is 11.9. The quantitative estimate of drug-likeness (QED) is 0.334. The van der Waals surface area contributed by atoms with Gasteiger partial charge in [0.1, 0.15) is 12.4 Å². The van der Waals surface area contributed by atoms with Crippen molar-refractivity contribution in [2.75, 3.05) is 13.2 Å². The van der Waals surface area contributed by atoms with Crippen molar-refractivity contribution in [2.45, 2.75) is 45.8 Å². The lowest BCUT2D eigenvalue weighted by atomic mass is 9.99. The molecule has 0 aliphatic heterocycles. The molecule has 0 aliphatic rings. The molecule has 0 saturated carbocycles. The van der Waals surface area contributed by atoms with Crippen LogP contribution in [0.3, 0.4) is 0 Å². The smallest absolute Gasteiger partial charge is 0.338 e. The Hall–Kier alpha value is -2.33. The number of esters is 1. The average Bonchev–Trinajstić information content (AvgIpc) is 2.70. The molecule has 0 aliphatic carbocycles. The van der Waals surface area contributed by atoms with Gasteiger partial charge < -0.3 is 14.2 Å². The standard InChI is InChI=1S/C22H28O4/c1-4-17(3)18-11-13-20(14-12-18)26-21(5-2)24-15-16-25-22(23)19-9-7-6-8-10-19/h6-14,17,21H,4-5,15-16H2,1-3H3. The van der Waals surface area contributed by atoms with Crippen molar-refractivity contribution in [3.05, 3.63) is 65.7 Å². The summed E-state index contributed by atoms with van der Waals surface area (Å²) < 4.78 is 16.8. The van der Waals surface area contributed by atoms with Crippen LogP contribution in [0.4, 0.5) is 0 Å². The molecule has 26 heavy (non-hydrogen) atoms. The summed E-state index contributed by atoms with van der Waals surface area (Å²) in [6.45, 7) is 6.88. The van der Waals surface area contributed by atoms with E-state index in [9.17, 15) is 4.79 Å². The molecule has 4 heteroatoms. The number of hydrogen-bond acceptors (Lipinski definition) is 4. The van der Waals surface area contributed by atoms with Crippen molar-refractivity contribution in [1.29, 1.82) is 0 Å². The molecular formula is C22H28O4. The second-order valence-corrected chi connectivity index (χ2v) is 6.21. The van der Waals surface area contributed by atoms with Crippen LogP contribution in [0, 0.1) is 0 Å². The molecule has 4 nitrogen and oxygen atoms in total. The molecule has 2 aromatic carbocycles. The highest BCUT2D eigenvalue weighted by molar-refractivity contribution is 5.89. The van der Waals surface area contributed by atoms with Gasteiger partial charge in [-0.3, -0.25) is 0 Å². The summed E-state index contributed by atoms with van der Waals surface area (Å²) in [6.07, 6.45) is 1.46. The minimum absolute atomic E-state index is 0.195. The first-order valence-corrected chi connectivity index (χ1v) is 9.24. The Morgan fingerprint density at radius 2 is 1.62 bits per heavy atom. The molecule has 0 fully saturated rings. The topological polar surface area (TPSA) is 44.8 Å². The Labute approximate surface area is 156 Å². The van der Waals surface area contributed by atoms with E-state index < -0.39 is 0 Å². The van der Waals surface area contributed by atoms with E-state index in [0.717, 1.165) is 12.2 Å². The molecular weight excluding hydrogens is 328 g/mol. The van der Waals surface area contributed by atoms with Crippen molar-refractivity contribution >= 4 is 5.97 Å². The molecule has 2 unspecified atom stereocenters. The molecule has 0 amide bonds. The molecule has 0 N–H and O–H groups in total. The SMILES string of the molecule is CCC(OCCOC(=O)c1ccccc1)Oc1ccc(C(C)CC)cc1. The van der Waals surface area contributed by atoms with E-state index >= 15 is 0 Å². The van der Waals surface area contributed by atoms with E-state index in [2.05, 4.69) is 26.0 Å². The molecule has 0 heterocycles. The zero-order valence-electron chi connectivity index (χ0n) is 15.8. The van der Waals surface area contributed by atoms with Crippen LogP contribution in [0.25, 0.3) is 0 Å². The van der Waals surface area contributed by atoms with Crippen molar-refractivity contribution in [3.8, 4) is 5.75 Å². The predicted molar refractivity (Wildman–Crippen MR) is 103 cm³/mol. The lowest BCUT2D eigenvalue weighted by molar-refractivity contribution is -0.0917. The van der Waals surface area contributed by atoms with Gasteiger partial charge in [-0.15, -0.1) is 0 Å². The number of carbonyl (C=O) groups is 1. The maximum atomic E-state index is 11.9. The molecule has 2 rings (SSSR count). The molecule has 0 saturated heterocycles. The fraction of sp³-hybridized carbons (Fsp3) is 0.409. The predicted octanol–water partition coefficient (Wildman–Crippen LogP) is 5.19.